The Kier molecular flexibility index (Phi) is 5.25. The first-order chi connectivity index (χ1) is 9.63. The number of hydrogen-bond acceptors (Lipinski definition) is 5. The molecule has 0 fully saturated rings. The summed E-state index contributed by atoms with van der Waals surface area (Å²) < 4.78 is 0. The quantitative estimate of drug-likeness (QED) is 0.613. The molecule has 0 saturated carbocycles. The summed E-state index contributed by atoms with van der Waals surface area (Å²) in [6, 6.07) is -0.927. The molecular weight excluding hydrogens is 296 g/mol. The van der Waals surface area contributed by atoms with Crippen LogP contribution in [0.4, 0.5) is 4.79 Å². The molecule has 21 heavy (non-hydrogen) atoms. The van der Waals surface area contributed by atoms with E-state index in [2.05, 4.69) is 15.6 Å². The lowest BCUT2D eigenvalue weighted by atomic mass is 9.93. The average Bonchev–Trinajstić information content (AvgIpc) is 2.86. The van der Waals surface area contributed by atoms with E-state index in [-0.39, 0.29) is 12.2 Å². The van der Waals surface area contributed by atoms with Crippen molar-refractivity contribution < 1.29 is 19.5 Å². The Morgan fingerprint density at radius 1 is 1.48 bits per heavy atom. The van der Waals surface area contributed by atoms with Crippen molar-refractivity contribution in [2.75, 3.05) is 6.54 Å². The standard InChI is InChI=1S/C12H18N4O4S/c1-6(8-16-7(4-21-8)9(17)18)15-11(20)14-5-12(2,3)10(13)19/h4,6H,5H2,1-3H3,(H2,13,19)(H,17,18)(H2,14,15,20). The molecular formula is C12H18N4O4S. The number of urea groups is 1. The van der Waals surface area contributed by atoms with Gasteiger partial charge in [0.2, 0.25) is 5.91 Å². The molecule has 116 valence electrons. The number of thiazole rings is 1. The molecule has 0 aliphatic carbocycles. The zero-order valence-electron chi connectivity index (χ0n) is 12.0. The lowest BCUT2D eigenvalue weighted by Crippen LogP contribution is -2.46. The maximum Gasteiger partial charge on any atom is 0.355 e. The summed E-state index contributed by atoms with van der Waals surface area (Å²) in [6.45, 7) is 5.03. The number of aromatic carboxylic acids is 1. The van der Waals surface area contributed by atoms with Crippen LogP contribution in [0.3, 0.4) is 0 Å². The van der Waals surface area contributed by atoms with E-state index in [9.17, 15) is 14.4 Å². The maximum absolute atomic E-state index is 11.7. The Morgan fingerprint density at radius 2 is 2.10 bits per heavy atom. The van der Waals surface area contributed by atoms with Gasteiger partial charge in [-0.15, -0.1) is 11.3 Å². The fourth-order valence-corrected chi connectivity index (χ4v) is 2.08. The predicted octanol–water partition coefficient (Wildman–Crippen LogP) is 0.713. The molecule has 1 atom stereocenters. The molecule has 1 rings (SSSR count). The molecule has 3 amide bonds. The summed E-state index contributed by atoms with van der Waals surface area (Å²) in [5.74, 6) is -1.63. The lowest BCUT2D eigenvalue weighted by Gasteiger charge is -2.21. The van der Waals surface area contributed by atoms with Crippen LogP contribution in [0.2, 0.25) is 0 Å². The topological polar surface area (TPSA) is 134 Å². The number of carboxylic acids is 1. The largest absolute Gasteiger partial charge is 0.476 e. The first-order valence-electron chi connectivity index (χ1n) is 6.16. The predicted molar refractivity (Wildman–Crippen MR) is 77.0 cm³/mol. The number of rotatable bonds is 6. The Hall–Kier alpha value is -2.16. The molecule has 0 saturated heterocycles. The van der Waals surface area contributed by atoms with Crippen LogP contribution < -0.4 is 16.4 Å². The van der Waals surface area contributed by atoms with Gasteiger partial charge in [0.05, 0.1) is 11.5 Å². The summed E-state index contributed by atoms with van der Waals surface area (Å²) in [7, 11) is 0. The number of nitrogens with one attached hydrogen (secondary N) is 2. The molecule has 0 bridgehead atoms. The van der Waals surface area contributed by atoms with Crippen LogP contribution in [0, 0.1) is 5.41 Å². The van der Waals surface area contributed by atoms with Crippen LogP contribution in [-0.4, -0.2) is 34.5 Å². The number of amides is 3. The Bertz CT molecular complexity index is 555. The normalized spacial score (nSPS) is 12.5. The molecule has 1 aromatic rings. The molecule has 9 heteroatoms. The molecule has 8 nitrogen and oxygen atoms in total. The van der Waals surface area contributed by atoms with Crippen molar-refractivity contribution in [2.24, 2.45) is 11.1 Å². The van der Waals surface area contributed by atoms with Crippen LogP contribution in [0.25, 0.3) is 0 Å². The van der Waals surface area contributed by atoms with E-state index in [1.807, 2.05) is 0 Å². The monoisotopic (exact) mass is 314 g/mol. The lowest BCUT2D eigenvalue weighted by molar-refractivity contribution is -0.125. The van der Waals surface area contributed by atoms with Gasteiger partial charge in [-0.05, 0) is 20.8 Å². The highest BCUT2D eigenvalue weighted by Gasteiger charge is 2.25. The number of nitrogens with zero attached hydrogens (tertiary/aromatic N) is 1. The van der Waals surface area contributed by atoms with Crippen LogP contribution in [0.15, 0.2) is 5.38 Å². The summed E-state index contributed by atoms with van der Waals surface area (Å²) in [4.78, 5) is 37.5. The summed E-state index contributed by atoms with van der Waals surface area (Å²) in [5.41, 5.74) is 4.30. The van der Waals surface area contributed by atoms with Gasteiger partial charge in [-0.2, -0.15) is 0 Å². The number of nitrogens with two attached hydrogens (primary N) is 1. The van der Waals surface area contributed by atoms with Gasteiger partial charge in [0.1, 0.15) is 5.01 Å². The Morgan fingerprint density at radius 3 is 2.57 bits per heavy atom. The van der Waals surface area contributed by atoms with Crippen LogP contribution >= 0.6 is 11.3 Å². The fraction of sp³-hybridized carbons (Fsp3) is 0.500. The highest BCUT2D eigenvalue weighted by atomic mass is 32.1. The van der Waals surface area contributed by atoms with E-state index in [0.29, 0.717) is 5.01 Å². The average molecular weight is 314 g/mol. The first-order valence-corrected chi connectivity index (χ1v) is 7.04. The van der Waals surface area contributed by atoms with Gasteiger partial charge >= 0.3 is 12.0 Å². The second-order valence-electron chi connectivity index (χ2n) is 5.17. The maximum atomic E-state index is 11.7. The van der Waals surface area contributed by atoms with Crippen LogP contribution in [0.1, 0.15) is 42.3 Å². The number of aromatic nitrogens is 1. The van der Waals surface area contributed by atoms with Crippen molar-refractivity contribution in [3.05, 3.63) is 16.1 Å². The van der Waals surface area contributed by atoms with Crippen molar-refractivity contribution in [1.82, 2.24) is 15.6 Å². The van der Waals surface area contributed by atoms with Gasteiger partial charge < -0.3 is 21.5 Å². The molecule has 5 N–H and O–H groups in total. The van der Waals surface area contributed by atoms with Crippen molar-refractivity contribution >= 4 is 29.2 Å². The van der Waals surface area contributed by atoms with E-state index in [4.69, 9.17) is 10.8 Å². The molecule has 0 aromatic carbocycles. The van der Waals surface area contributed by atoms with E-state index in [1.54, 1.807) is 20.8 Å². The zero-order valence-corrected chi connectivity index (χ0v) is 12.8. The number of hydrogen-bond donors (Lipinski definition) is 4. The summed E-state index contributed by atoms with van der Waals surface area (Å²) in [5, 5.41) is 15.8. The van der Waals surface area contributed by atoms with Crippen LogP contribution in [-0.2, 0) is 4.79 Å². The van der Waals surface area contributed by atoms with Gasteiger partial charge in [0, 0.05) is 11.9 Å². The van der Waals surface area contributed by atoms with Gasteiger partial charge in [-0.25, -0.2) is 14.6 Å². The van der Waals surface area contributed by atoms with Gasteiger partial charge in [0.15, 0.2) is 5.69 Å². The number of carbonyl (C=O) groups excluding carboxylic acids is 2. The minimum atomic E-state index is -1.11. The van der Waals surface area contributed by atoms with E-state index < -0.39 is 29.4 Å². The minimum Gasteiger partial charge on any atom is -0.476 e. The number of primary amides is 1. The zero-order chi connectivity index (χ0) is 16.2. The van der Waals surface area contributed by atoms with Crippen molar-refractivity contribution in [3.63, 3.8) is 0 Å². The van der Waals surface area contributed by atoms with Gasteiger partial charge in [-0.3, -0.25) is 4.79 Å². The molecule has 0 radical (unpaired) electrons. The second kappa shape index (κ2) is 6.53. The van der Waals surface area contributed by atoms with E-state index in [0.717, 1.165) is 11.3 Å². The molecule has 0 aliphatic heterocycles. The molecule has 1 heterocycles. The number of carboxylic acid groups (broad SMARTS) is 1. The summed E-state index contributed by atoms with van der Waals surface area (Å²) >= 11 is 1.15. The fourth-order valence-electron chi connectivity index (χ4n) is 1.28. The third kappa shape index (κ3) is 4.71. The molecule has 1 aromatic heterocycles. The smallest absolute Gasteiger partial charge is 0.355 e. The summed E-state index contributed by atoms with van der Waals surface area (Å²) in [6.07, 6.45) is 0. The molecule has 0 aliphatic rings. The number of carbonyl (C=O) groups is 3. The third-order valence-electron chi connectivity index (χ3n) is 2.82. The van der Waals surface area contributed by atoms with Gasteiger partial charge in [0.25, 0.3) is 0 Å². The second-order valence-corrected chi connectivity index (χ2v) is 6.06. The Balaban J connectivity index is 2.54. The van der Waals surface area contributed by atoms with Crippen molar-refractivity contribution in [1.29, 1.82) is 0 Å². The van der Waals surface area contributed by atoms with E-state index >= 15 is 0 Å². The minimum absolute atomic E-state index is 0.0566. The molecule has 0 spiro atoms. The van der Waals surface area contributed by atoms with Crippen molar-refractivity contribution in [3.8, 4) is 0 Å². The SMILES string of the molecule is CC(NC(=O)NCC(C)(C)C(N)=O)c1nc(C(=O)O)cs1. The first kappa shape index (κ1) is 16.9. The van der Waals surface area contributed by atoms with Crippen molar-refractivity contribution in [2.45, 2.75) is 26.8 Å². The highest BCUT2D eigenvalue weighted by molar-refractivity contribution is 7.09. The van der Waals surface area contributed by atoms with E-state index in [1.165, 1.54) is 5.38 Å². The van der Waals surface area contributed by atoms with Crippen LogP contribution in [0.5, 0.6) is 0 Å². The highest BCUT2D eigenvalue weighted by Crippen LogP contribution is 2.18. The third-order valence-corrected chi connectivity index (χ3v) is 3.84. The van der Waals surface area contributed by atoms with Gasteiger partial charge in [-0.1, -0.05) is 0 Å². The molecule has 1 unspecified atom stereocenters. The Labute approximate surface area is 125 Å².